The molecule has 0 aliphatic rings. The molecule has 0 saturated heterocycles. The highest BCUT2D eigenvalue weighted by Crippen LogP contribution is 2.00. The van der Waals surface area contributed by atoms with Crippen LogP contribution in [-0.4, -0.2) is 48.8 Å². The second kappa shape index (κ2) is 10.6. The molecule has 0 saturated carbocycles. The van der Waals surface area contributed by atoms with E-state index in [1.807, 2.05) is 6.26 Å². The molecule has 0 heterocycles. The van der Waals surface area contributed by atoms with Crippen molar-refractivity contribution in [1.82, 2.24) is 5.32 Å². The van der Waals surface area contributed by atoms with Gasteiger partial charge in [0.1, 0.15) is 6.29 Å². The van der Waals surface area contributed by atoms with Gasteiger partial charge in [0, 0.05) is 6.54 Å². The van der Waals surface area contributed by atoms with Crippen molar-refractivity contribution in [3.8, 4) is 0 Å². The van der Waals surface area contributed by atoms with Gasteiger partial charge in [-0.25, -0.2) is 0 Å². The largest absolute Gasteiger partial charge is 0.370 e. The van der Waals surface area contributed by atoms with Crippen molar-refractivity contribution in [3.63, 3.8) is 0 Å². The summed E-state index contributed by atoms with van der Waals surface area (Å²) in [4.78, 5) is 26.3. The van der Waals surface area contributed by atoms with Gasteiger partial charge in [0.15, 0.2) is 5.96 Å². The van der Waals surface area contributed by atoms with Gasteiger partial charge in [0.05, 0.1) is 12.1 Å². The minimum Gasteiger partial charge on any atom is -0.370 e. The van der Waals surface area contributed by atoms with E-state index in [4.69, 9.17) is 17.2 Å². The molecule has 8 heteroatoms. The summed E-state index contributed by atoms with van der Waals surface area (Å²) in [6.07, 6.45) is 4.34. The molecular formula is C11H23N5O2S. The first kappa shape index (κ1) is 17.7. The van der Waals surface area contributed by atoms with Crippen molar-refractivity contribution in [2.75, 3.05) is 18.6 Å². The molecule has 0 aromatic carbocycles. The quantitative estimate of drug-likeness (QED) is 0.173. The first-order valence-electron chi connectivity index (χ1n) is 6.06. The summed E-state index contributed by atoms with van der Waals surface area (Å²) in [6, 6.07) is -1.12. The number of nitrogens with one attached hydrogen (secondary N) is 1. The number of aldehydes is 1. The van der Waals surface area contributed by atoms with Gasteiger partial charge in [-0.1, -0.05) is 0 Å². The first-order valence-corrected chi connectivity index (χ1v) is 7.46. The fourth-order valence-electron chi connectivity index (χ4n) is 1.36. The number of amides is 1. The lowest BCUT2D eigenvalue weighted by molar-refractivity contribution is -0.125. The highest BCUT2D eigenvalue weighted by atomic mass is 32.2. The molecule has 0 radical (unpaired) electrons. The molecular weight excluding hydrogens is 266 g/mol. The SMILES string of the molecule is CSCC[C@H](N)C(=O)N[C@H](C=O)CCCN=C(N)N. The fraction of sp³-hybridized carbons (Fsp3) is 0.727. The fourth-order valence-corrected chi connectivity index (χ4v) is 1.85. The lowest BCUT2D eigenvalue weighted by atomic mass is 10.1. The number of nitrogens with two attached hydrogens (primary N) is 3. The summed E-state index contributed by atoms with van der Waals surface area (Å²) in [5, 5.41) is 2.61. The number of thioether (sulfide) groups is 1. The molecule has 0 aromatic rings. The molecule has 0 aromatic heterocycles. The Hall–Kier alpha value is -1.28. The molecule has 0 fully saturated rings. The molecule has 7 nitrogen and oxygen atoms in total. The van der Waals surface area contributed by atoms with Crippen LogP contribution in [0, 0.1) is 0 Å². The van der Waals surface area contributed by atoms with E-state index in [-0.39, 0.29) is 11.9 Å². The van der Waals surface area contributed by atoms with Crippen LogP contribution in [0.4, 0.5) is 0 Å². The Morgan fingerprint density at radius 1 is 1.42 bits per heavy atom. The number of aliphatic imine (C=N–C) groups is 1. The Morgan fingerprint density at radius 3 is 2.63 bits per heavy atom. The van der Waals surface area contributed by atoms with Crippen LogP contribution in [-0.2, 0) is 9.59 Å². The summed E-state index contributed by atoms with van der Waals surface area (Å²) in [5.41, 5.74) is 16.1. The van der Waals surface area contributed by atoms with E-state index in [1.54, 1.807) is 11.8 Å². The van der Waals surface area contributed by atoms with Crippen molar-refractivity contribution >= 4 is 29.9 Å². The Morgan fingerprint density at radius 2 is 2.11 bits per heavy atom. The third-order valence-corrected chi connectivity index (χ3v) is 3.07. The summed E-state index contributed by atoms with van der Waals surface area (Å²) in [5.74, 6) is 0.531. The van der Waals surface area contributed by atoms with Crippen molar-refractivity contribution in [3.05, 3.63) is 0 Å². The molecule has 19 heavy (non-hydrogen) atoms. The molecule has 0 rings (SSSR count). The average molecular weight is 289 g/mol. The molecule has 110 valence electrons. The number of carbonyl (C=O) groups excluding carboxylic acids is 2. The van der Waals surface area contributed by atoms with Gasteiger partial charge in [-0.05, 0) is 31.3 Å². The smallest absolute Gasteiger partial charge is 0.237 e. The number of rotatable bonds is 10. The summed E-state index contributed by atoms with van der Waals surface area (Å²) in [7, 11) is 0. The molecule has 0 aliphatic carbocycles. The van der Waals surface area contributed by atoms with E-state index in [9.17, 15) is 9.59 Å². The zero-order valence-electron chi connectivity index (χ0n) is 11.2. The predicted molar refractivity (Wildman–Crippen MR) is 78.9 cm³/mol. The van der Waals surface area contributed by atoms with Gasteiger partial charge >= 0.3 is 0 Å². The van der Waals surface area contributed by atoms with Crippen LogP contribution >= 0.6 is 11.8 Å². The van der Waals surface area contributed by atoms with E-state index in [1.165, 1.54) is 0 Å². The molecule has 0 aliphatic heterocycles. The monoisotopic (exact) mass is 289 g/mol. The molecule has 0 spiro atoms. The highest BCUT2D eigenvalue weighted by molar-refractivity contribution is 7.98. The standard InChI is InChI=1S/C11H23N5O2S/c1-19-6-4-9(12)10(18)16-8(7-17)3-2-5-15-11(13)14/h7-9H,2-6,12H2,1H3,(H,16,18)(H4,13,14,15)/t8-,9-/m0/s1. The van der Waals surface area contributed by atoms with Crippen LogP contribution in [0.25, 0.3) is 0 Å². The Balaban J connectivity index is 4.00. The maximum Gasteiger partial charge on any atom is 0.237 e. The Labute approximate surface area is 117 Å². The van der Waals surface area contributed by atoms with Gasteiger partial charge < -0.3 is 27.3 Å². The van der Waals surface area contributed by atoms with Gasteiger partial charge in [0.25, 0.3) is 0 Å². The number of carbonyl (C=O) groups is 2. The highest BCUT2D eigenvalue weighted by Gasteiger charge is 2.16. The van der Waals surface area contributed by atoms with Crippen LogP contribution in [0.3, 0.4) is 0 Å². The van der Waals surface area contributed by atoms with Crippen molar-refractivity contribution in [1.29, 1.82) is 0 Å². The number of hydrogen-bond acceptors (Lipinski definition) is 5. The minimum atomic E-state index is -0.576. The molecule has 0 unspecified atom stereocenters. The van der Waals surface area contributed by atoms with E-state index < -0.39 is 12.1 Å². The third kappa shape index (κ3) is 9.32. The maximum atomic E-state index is 11.7. The zero-order valence-corrected chi connectivity index (χ0v) is 12.0. The van der Waals surface area contributed by atoms with Crippen LogP contribution in [0.1, 0.15) is 19.3 Å². The number of hydrogen-bond donors (Lipinski definition) is 4. The summed E-state index contributed by atoms with van der Waals surface area (Å²) < 4.78 is 0. The summed E-state index contributed by atoms with van der Waals surface area (Å²) in [6.45, 7) is 0.432. The van der Waals surface area contributed by atoms with E-state index in [2.05, 4.69) is 10.3 Å². The molecule has 1 amide bonds. The van der Waals surface area contributed by atoms with Crippen molar-refractivity contribution in [2.24, 2.45) is 22.2 Å². The number of guanidine groups is 1. The molecule has 2 atom stereocenters. The predicted octanol–water partition coefficient (Wildman–Crippen LogP) is -1.20. The van der Waals surface area contributed by atoms with Gasteiger partial charge in [0.2, 0.25) is 5.91 Å². The van der Waals surface area contributed by atoms with E-state index >= 15 is 0 Å². The Kier molecular flexibility index (Phi) is 9.91. The van der Waals surface area contributed by atoms with E-state index in [0.29, 0.717) is 32.1 Å². The summed E-state index contributed by atoms with van der Waals surface area (Å²) >= 11 is 1.62. The van der Waals surface area contributed by atoms with Crippen LogP contribution in [0.15, 0.2) is 4.99 Å². The third-order valence-electron chi connectivity index (χ3n) is 2.43. The lowest BCUT2D eigenvalue weighted by Crippen LogP contribution is -2.46. The first-order chi connectivity index (χ1) is 9.01. The van der Waals surface area contributed by atoms with Crippen molar-refractivity contribution < 1.29 is 9.59 Å². The zero-order chi connectivity index (χ0) is 14.7. The van der Waals surface area contributed by atoms with E-state index in [0.717, 1.165) is 5.75 Å². The van der Waals surface area contributed by atoms with Gasteiger partial charge in [-0.3, -0.25) is 9.79 Å². The molecule has 0 bridgehead atoms. The van der Waals surface area contributed by atoms with Crippen molar-refractivity contribution in [2.45, 2.75) is 31.3 Å². The topological polar surface area (TPSA) is 137 Å². The van der Waals surface area contributed by atoms with Gasteiger partial charge in [-0.2, -0.15) is 11.8 Å². The van der Waals surface area contributed by atoms with Crippen LogP contribution in [0.2, 0.25) is 0 Å². The second-order valence-electron chi connectivity index (χ2n) is 4.09. The Bertz CT molecular complexity index is 307. The number of nitrogens with zero attached hydrogens (tertiary/aromatic N) is 1. The van der Waals surface area contributed by atoms with Gasteiger partial charge in [-0.15, -0.1) is 0 Å². The normalized spacial score (nSPS) is 13.4. The minimum absolute atomic E-state index is 0.0192. The van der Waals surface area contributed by atoms with Crippen LogP contribution < -0.4 is 22.5 Å². The second-order valence-corrected chi connectivity index (χ2v) is 5.07. The molecule has 7 N–H and O–H groups in total. The van der Waals surface area contributed by atoms with Crippen LogP contribution in [0.5, 0.6) is 0 Å². The lowest BCUT2D eigenvalue weighted by Gasteiger charge is -2.16. The maximum absolute atomic E-state index is 11.7. The average Bonchev–Trinajstić information content (AvgIpc) is 2.38.